The van der Waals surface area contributed by atoms with Gasteiger partial charge in [-0.1, -0.05) is 34.1 Å². The van der Waals surface area contributed by atoms with E-state index < -0.39 is 11.5 Å². The van der Waals surface area contributed by atoms with E-state index in [1.54, 1.807) is 21.3 Å². The van der Waals surface area contributed by atoms with Gasteiger partial charge in [-0.25, -0.2) is 4.98 Å². The standard InChI is InChI=1S/C33H38BrN3O4/c1-37(2)16-15-33(38,23-19-29(39-3)36-30(20-23)40-4)31(26-12-8-10-21-9-6-7-11-25(21)26)27-18-22-17-24(34)13-14-28(22)35-32(27)41-5/h8,10,12-14,17-20,31,38H,6-7,9,11,15-16H2,1-5H3. The Morgan fingerprint density at radius 3 is 2.32 bits per heavy atom. The van der Waals surface area contributed by atoms with Crippen molar-refractivity contribution in [3.8, 4) is 17.6 Å². The lowest BCUT2D eigenvalue weighted by molar-refractivity contribution is 0.00304. The van der Waals surface area contributed by atoms with Crippen molar-refractivity contribution in [3.05, 3.63) is 86.9 Å². The van der Waals surface area contributed by atoms with Gasteiger partial charge in [-0.15, -0.1) is 0 Å². The Bertz CT molecular complexity index is 1520. The monoisotopic (exact) mass is 619 g/mol. The van der Waals surface area contributed by atoms with Crippen LogP contribution in [0.5, 0.6) is 17.6 Å². The van der Waals surface area contributed by atoms with Crippen molar-refractivity contribution in [2.75, 3.05) is 42.0 Å². The van der Waals surface area contributed by atoms with Crippen LogP contribution in [-0.2, 0) is 18.4 Å². The molecule has 0 radical (unpaired) electrons. The van der Waals surface area contributed by atoms with Crippen LogP contribution < -0.4 is 14.2 Å². The maximum absolute atomic E-state index is 13.2. The van der Waals surface area contributed by atoms with E-state index in [-0.39, 0.29) is 0 Å². The third-order valence-corrected chi connectivity index (χ3v) is 8.62. The van der Waals surface area contributed by atoms with Gasteiger partial charge < -0.3 is 24.2 Å². The van der Waals surface area contributed by atoms with Gasteiger partial charge in [0.25, 0.3) is 0 Å². The lowest BCUT2D eigenvalue weighted by Gasteiger charge is -2.40. The number of rotatable bonds is 10. The second kappa shape index (κ2) is 12.3. The quantitative estimate of drug-likeness (QED) is 0.224. The van der Waals surface area contributed by atoms with Gasteiger partial charge in [0.1, 0.15) is 5.60 Å². The molecule has 2 unspecified atom stereocenters. The zero-order valence-electron chi connectivity index (χ0n) is 24.4. The van der Waals surface area contributed by atoms with Gasteiger partial charge in [-0.3, -0.25) is 0 Å². The molecule has 0 saturated heterocycles. The van der Waals surface area contributed by atoms with Crippen LogP contribution in [-0.4, -0.2) is 61.9 Å². The number of ether oxygens (including phenoxy) is 3. The van der Waals surface area contributed by atoms with Crippen LogP contribution in [0.25, 0.3) is 10.9 Å². The van der Waals surface area contributed by atoms with Crippen LogP contribution >= 0.6 is 15.9 Å². The summed E-state index contributed by atoms with van der Waals surface area (Å²) in [6, 6.07) is 18.3. The number of halogens is 1. The molecule has 216 valence electrons. The molecule has 41 heavy (non-hydrogen) atoms. The summed E-state index contributed by atoms with van der Waals surface area (Å²) in [6.07, 6.45) is 4.71. The minimum Gasteiger partial charge on any atom is -0.481 e. The summed E-state index contributed by atoms with van der Waals surface area (Å²) < 4.78 is 18.1. The maximum atomic E-state index is 13.2. The van der Waals surface area contributed by atoms with Crippen molar-refractivity contribution in [1.29, 1.82) is 0 Å². The molecule has 1 aliphatic rings. The highest BCUT2D eigenvalue weighted by molar-refractivity contribution is 9.10. The number of aromatic nitrogens is 2. The number of hydrogen-bond acceptors (Lipinski definition) is 7. The Hall–Kier alpha value is -3.20. The molecule has 0 spiro atoms. The smallest absolute Gasteiger partial charge is 0.217 e. The summed E-state index contributed by atoms with van der Waals surface area (Å²) >= 11 is 3.62. The predicted octanol–water partition coefficient (Wildman–Crippen LogP) is 6.27. The predicted molar refractivity (Wildman–Crippen MR) is 165 cm³/mol. The SMILES string of the molecule is COc1cc(C(O)(CCN(C)C)C(c2cc3cc(Br)ccc3nc2OC)c2cccc3c2CCCC3)cc(OC)n1. The van der Waals surface area contributed by atoms with Gasteiger partial charge in [0.15, 0.2) is 0 Å². The molecule has 2 aromatic heterocycles. The normalized spacial score (nSPS) is 15.3. The molecule has 0 bridgehead atoms. The molecule has 2 aromatic carbocycles. The molecule has 4 aromatic rings. The Kier molecular flexibility index (Phi) is 8.82. The summed E-state index contributed by atoms with van der Waals surface area (Å²) in [6.45, 7) is 0.643. The topological polar surface area (TPSA) is 76.9 Å². The molecule has 8 heteroatoms. The third-order valence-electron chi connectivity index (χ3n) is 8.13. The average Bonchev–Trinajstić information content (AvgIpc) is 2.99. The largest absolute Gasteiger partial charge is 0.481 e. The third kappa shape index (κ3) is 5.92. The molecule has 2 atom stereocenters. The van der Waals surface area contributed by atoms with Crippen LogP contribution in [0.1, 0.15) is 53.0 Å². The fourth-order valence-electron chi connectivity index (χ4n) is 6.07. The summed E-state index contributed by atoms with van der Waals surface area (Å²) in [5, 5.41) is 14.2. The molecule has 0 aliphatic heterocycles. The number of benzene rings is 2. The Morgan fingerprint density at radius 1 is 0.902 bits per heavy atom. The second-order valence-corrected chi connectivity index (χ2v) is 11.9. The minimum absolute atomic E-state index is 0.379. The first-order valence-electron chi connectivity index (χ1n) is 14.0. The van der Waals surface area contributed by atoms with Crippen molar-refractivity contribution in [2.24, 2.45) is 0 Å². The highest BCUT2D eigenvalue weighted by Crippen LogP contribution is 2.50. The van der Waals surface area contributed by atoms with E-state index in [0.717, 1.165) is 45.8 Å². The average molecular weight is 621 g/mol. The Balaban J connectivity index is 1.86. The van der Waals surface area contributed by atoms with Crippen molar-refractivity contribution in [2.45, 2.75) is 43.6 Å². The van der Waals surface area contributed by atoms with Crippen molar-refractivity contribution < 1.29 is 19.3 Å². The fourth-order valence-corrected chi connectivity index (χ4v) is 6.45. The number of methoxy groups -OCH3 is 3. The lowest BCUT2D eigenvalue weighted by atomic mass is 9.69. The molecule has 0 fully saturated rings. The molecule has 0 amide bonds. The summed E-state index contributed by atoms with van der Waals surface area (Å²) in [7, 11) is 8.82. The van der Waals surface area contributed by atoms with E-state index in [1.807, 2.05) is 38.4 Å². The van der Waals surface area contributed by atoms with Crippen LogP contribution in [0.2, 0.25) is 0 Å². The van der Waals surface area contributed by atoms with Gasteiger partial charge in [-0.2, -0.15) is 4.98 Å². The maximum Gasteiger partial charge on any atom is 0.217 e. The van der Waals surface area contributed by atoms with E-state index in [1.165, 1.54) is 17.5 Å². The van der Waals surface area contributed by atoms with Crippen LogP contribution in [0.4, 0.5) is 0 Å². The van der Waals surface area contributed by atoms with E-state index in [0.29, 0.717) is 36.2 Å². The van der Waals surface area contributed by atoms with E-state index in [4.69, 9.17) is 19.2 Å². The first-order chi connectivity index (χ1) is 19.8. The van der Waals surface area contributed by atoms with E-state index >= 15 is 0 Å². The van der Waals surface area contributed by atoms with Gasteiger partial charge in [0.05, 0.1) is 26.8 Å². The van der Waals surface area contributed by atoms with Gasteiger partial charge in [0, 0.05) is 40.0 Å². The zero-order chi connectivity index (χ0) is 29.1. The lowest BCUT2D eigenvalue weighted by Crippen LogP contribution is -2.38. The molecule has 1 N–H and O–H groups in total. The Morgan fingerprint density at radius 2 is 1.63 bits per heavy atom. The number of pyridine rings is 2. The number of hydrogen-bond donors (Lipinski definition) is 1. The van der Waals surface area contributed by atoms with Gasteiger partial charge in [-0.05, 0) is 92.7 Å². The fraction of sp³-hybridized carbons (Fsp3) is 0.394. The number of aliphatic hydroxyl groups is 1. The second-order valence-electron chi connectivity index (χ2n) is 11.0. The molecule has 2 heterocycles. The number of fused-ring (bicyclic) bond motifs is 2. The zero-order valence-corrected chi connectivity index (χ0v) is 26.0. The summed E-state index contributed by atoms with van der Waals surface area (Å²) in [5.41, 5.74) is 4.66. The van der Waals surface area contributed by atoms with Crippen molar-refractivity contribution in [1.82, 2.24) is 14.9 Å². The number of nitrogens with zero attached hydrogens (tertiary/aromatic N) is 3. The highest BCUT2D eigenvalue weighted by atomic mass is 79.9. The van der Waals surface area contributed by atoms with Crippen molar-refractivity contribution >= 4 is 26.8 Å². The first kappa shape index (κ1) is 29.3. The van der Waals surface area contributed by atoms with Crippen LogP contribution in [0.3, 0.4) is 0 Å². The molecule has 1 aliphatic carbocycles. The summed E-state index contributed by atoms with van der Waals surface area (Å²) in [4.78, 5) is 11.5. The van der Waals surface area contributed by atoms with Crippen LogP contribution in [0, 0.1) is 0 Å². The molecule has 7 nitrogen and oxygen atoms in total. The molecular weight excluding hydrogens is 582 g/mol. The summed E-state index contributed by atoms with van der Waals surface area (Å²) in [5.74, 6) is 0.751. The van der Waals surface area contributed by atoms with Gasteiger partial charge >= 0.3 is 0 Å². The van der Waals surface area contributed by atoms with Crippen molar-refractivity contribution in [3.63, 3.8) is 0 Å². The van der Waals surface area contributed by atoms with E-state index in [9.17, 15) is 5.11 Å². The molecule has 5 rings (SSSR count). The van der Waals surface area contributed by atoms with E-state index in [2.05, 4.69) is 56.1 Å². The first-order valence-corrected chi connectivity index (χ1v) is 14.8. The number of aryl methyl sites for hydroxylation is 1. The Labute approximate surface area is 250 Å². The molecular formula is C33H38BrN3O4. The van der Waals surface area contributed by atoms with Crippen LogP contribution in [0.15, 0.2) is 59.1 Å². The minimum atomic E-state index is -1.39. The van der Waals surface area contributed by atoms with Gasteiger partial charge in [0.2, 0.25) is 17.6 Å². The highest BCUT2D eigenvalue weighted by Gasteiger charge is 2.44. The molecule has 0 saturated carbocycles.